The van der Waals surface area contributed by atoms with Crippen LogP contribution in [-0.4, -0.2) is 41.8 Å². The fourth-order valence-electron chi connectivity index (χ4n) is 6.31. The number of benzene rings is 3. The highest BCUT2D eigenvalue weighted by Gasteiger charge is 2.35. The van der Waals surface area contributed by atoms with E-state index in [-0.39, 0.29) is 40.3 Å². The van der Waals surface area contributed by atoms with Gasteiger partial charge in [-0.25, -0.2) is 4.39 Å². The Morgan fingerprint density at radius 3 is 2.60 bits per heavy atom. The maximum absolute atomic E-state index is 14.5. The van der Waals surface area contributed by atoms with Crippen molar-refractivity contribution >= 4 is 46.6 Å². The topological polar surface area (TPSA) is 83.4 Å². The predicted molar refractivity (Wildman–Crippen MR) is 179 cm³/mol. The first-order chi connectivity index (χ1) is 21.9. The summed E-state index contributed by atoms with van der Waals surface area (Å²) in [6.07, 6.45) is 0.734. The van der Waals surface area contributed by atoms with Crippen molar-refractivity contribution in [1.82, 2.24) is 9.88 Å². The molecule has 1 aromatic heterocycles. The Labute approximate surface area is 270 Å². The molecule has 2 N–H and O–H groups in total. The first-order valence-electron chi connectivity index (χ1n) is 15.1. The second-order valence-electron chi connectivity index (χ2n) is 11.6. The smallest absolute Gasteiger partial charge is 0.251 e. The standard InChI is InChI=1S/C35H34ClFN4O3S/c36-28-8-4-9-29(37)27(28)18-33(42)39-30-17-25(35(44)38-14-15-45-22-23-6-2-1-3-7-23)12-13-32(30)40-19-24-16-26(21-40)31-10-5-11-34(43)41(31)20-24/h1-13,17,24,26H,14-16,18-22H2,(H,38,44)(H,39,42)/t24-,26+/m1/s1. The van der Waals surface area contributed by atoms with Gasteiger partial charge < -0.3 is 20.1 Å². The van der Waals surface area contributed by atoms with Crippen LogP contribution in [0.2, 0.25) is 5.02 Å². The molecular weight excluding hydrogens is 611 g/mol. The van der Waals surface area contributed by atoms with Crippen LogP contribution in [0, 0.1) is 11.7 Å². The summed E-state index contributed by atoms with van der Waals surface area (Å²) in [6, 6.07) is 25.2. The number of hydrogen-bond donors (Lipinski definition) is 2. The molecule has 3 aromatic carbocycles. The SMILES string of the molecule is O=C(Cc1c(F)cccc1Cl)Nc1cc(C(=O)NCCSCc2ccccc2)ccc1N1C[C@H]2C[C@@H](C1)c1cccc(=O)n1C2. The number of rotatable bonds is 10. The Morgan fingerprint density at radius 1 is 0.956 bits per heavy atom. The third-order valence-corrected chi connectivity index (χ3v) is 9.78. The van der Waals surface area contributed by atoms with Crippen molar-refractivity contribution in [2.45, 2.75) is 31.1 Å². The van der Waals surface area contributed by atoms with Crippen molar-refractivity contribution in [2.75, 3.05) is 35.6 Å². The van der Waals surface area contributed by atoms with Crippen LogP contribution in [0.25, 0.3) is 0 Å². The molecule has 0 radical (unpaired) electrons. The molecule has 2 amide bonds. The van der Waals surface area contributed by atoms with Gasteiger partial charge in [0.25, 0.3) is 11.5 Å². The molecular formula is C35H34ClFN4O3S. The van der Waals surface area contributed by atoms with Crippen molar-refractivity contribution in [1.29, 1.82) is 0 Å². The van der Waals surface area contributed by atoms with Crippen LogP contribution in [0.15, 0.2) is 89.7 Å². The van der Waals surface area contributed by atoms with Crippen LogP contribution in [0.5, 0.6) is 0 Å². The van der Waals surface area contributed by atoms with Crippen molar-refractivity contribution in [3.8, 4) is 0 Å². The molecule has 45 heavy (non-hydrogen) atoms. The number of aromatic nitrogens is 1. The molecule has 10 heteroatoms. The predicted octanol–water partition coefficient (Wildman–Crippen LogP) is 6.11. The molecule has 4 aromatic rings. The Kier molecular flexibility index (Phi) is 9.56. The number of hydrogen-bond acceptors (Lipinski definition) is 5. The molecule has 2 aliphatic heterocycles. The first-order valence-corrected chi connectivity index (χ1v) is 16.6. The van der Waals surface area contributed by atoms with Gasteiger partial charge in [0, 0.05) is 71.5 Å². The summed E-state index contributed by atoms with van der Waals surface area (Å²) in [4.78, 5) is 41.2. The van der Waals surface area contributed by atoms with E-state index in [2.05, 4.69) is 27.7 Å². The van der Waals surface area contributed by atoms with Gasteiger partial charge in [-0.05, 0) is 54.3 Å². The number of carbonyl (C=O) groups is 2. The largest absolute Gasteiger partial charge is 0.369 e. The highest BCUT2D eigenvalue weighted by atomic mass is 35.5. The summed E-state index contributed by atoms with van der Waals surface area (Å²) in [6.45, 7) is 2.49. The summed E-state index contributed by atoms with van der Waals surface area (Å²) in [5.74, 6) is 0.814. The second-order valence-corrected chi connectivity index (χ2v) is 13.1. The number of fused-ring (bicyclic) bond motifs is 4. The molecule has 232 valence electrons. The van der Waals surface area contributed by atoms with E-state index in [0.717, 1.165) is 29.3 Å². The number of halogens is 2. The number of nitrogens with one attached hydrogen (secondary N) is 2. The number of anilines is 2. The Morgan fingerprint density at radius 2 is 1.78 bits per heavy atom. The van der Waals surface area contributed by atoms with Crippen molar-refractivity contribution in [2.24, 2.45) is 5.92 Å². The van der Waals surface area contributed by atoms with Gasteiger partial charge in [0.2, 0.25) is 5.91 Å². The summed E-state index contributed by atoms with van der Waals surface area (Å²) < 4.78 is 16.4. The van der Waals surface area contributed by atoms with E-state index >= 15 is 0 Å². The average Bonchev–Trinajstić information content (AvgIpc) is 3.03. The minimum absolute atomic E-state index is 0.0178. The number of pyridine rings is 1. The van der Waals surface area contributed by atoms with E-state index in [1.165, 1.54) is 17.7 Å². The Bertz CT molecular complexity index is 1750. The van der Waals surface area contributed by atoms with E-state index in [1.807, 2.05) is 34.9 Å². The first kappa shape index (κ1) is 30.9. The van der Waals surface area contributed by atoms with E-state index in [0.29, 0.717) is 37.4 Å². The molecule has 2 bridgehead atoms. The minimum atomic E-state index is -0.547. The number of thioether (sulfide) groups is 1. The molecule has 1 saturated heterocycles. The van der Waals surface area contributed by atoms with Crippen LogP contribution in [0.4, 0.5) is 15.8 Å². The fourth-order valence-corrected chi connectivity index (χ4v) is 7.35. The molecule has 0 saturated carbocycles. The van der Waals surface area contributed by atoms with Crippen molar-refractivity contribution < 1.29 is 14.0 Å². The molecule has 1 fully saturated rings. The Balaban J connectivity index is 1.20. The van der Waals surface area contributed by atoms with Gasteiger partial charge in [0.15, 0.2) is 0 Å². The van der Waals surface area contributed by atoms with Gasteiger partial charge in [0.1, 0.15) is 5.82 Å². The quantitative estimate of drug-likeness (QED) is 0.204. The maximum Gasteiger partial charge on any atom is 0.251 e. The lowest BCUT2D eigenvalue weighted by atomic mass is 9.83. The van der Waals surface area contributed by atoms with E-state index in [9.17, 15) is 18.8 Å². The van der Waals surface area contributed by atoms with Crippen LogP contribution >= 0.6 is 23.4 Å². The zero-order valence-electron chi connectivity index (χ0n) is 24.7. The summed E-state index contributed by atoms with van der Waals surface area (Å²) in [5, 5.41) is 6.11. The molecule has 0 aliphatic carbocycles. The van der Waals surface area contributed by atoms with E-state index in [4.69, 9.17) is 11.6 Å². The van der Waals surface area contributed by atoms with Crippen molar-refractivity contribution in [3.63, 3.8) is 0 Å². The van der Waals surface area contributed by atoms with Gasteiger partial charge >= 0.3 is 0 Å². The summed E-state index contributed by atoms with van der Waals surface area (Å²) in [7, 11) is 0. The molecule has 2 atom stereocenters. The van der Waals surface area contributed by atoms with E-state index in [1.54, 1.807) is 42.1 Å². The zero-order valence-corrected chi connectivity index (χ0v) is 26.3. The van der Waals surface area contributed by atoms with Gasteiger partial charge in [-0.2, -0.15) is 11.8 Å². The summed E-state index contributed by atoms with van der Waals surface area (Å²) >= 11 is 7.94. The lowest BCUT2D eigenvalue weighted by molar-refractivity contribution is -0.115. The maximum atomic E-state index is 14.5. The van der Waals surface area contributed by atoms with Crippen LogP contribution < -0.4 is 21.1 Å². The van der Waals surface area contributed by atoms with Crippen LogP contribution in [0.3, 0.4) is 0 Å². The number of carbonyl (C=O) groups excluding carboxylic acids is 2. The van der Waals surface area contributed by atoms with Gasteiger partial charge in [-0.3, -0.25) is 14.4 Å². The lowest BCUT2D eigenvalue weighted by Gasteiger charge is -2.44. The third-order valence-electron chi connectivity index (χ3n) is 8.40. The minimum Gasteiger partial charge on any atom is -0.369 e. The monoisotopic (exact) mass is 644 g/mol. The van der Waals surface area contributed by atoms with Crippen molar-refractivity contribution in [3.05, 3.63) is 129 Å². The third kappa shape index (κ3) is 7.26. The molecule has 7 nitrogen and oxygen atoms in total. The van der Waals surface area contributed by atoms with E-state index < -0.39 is 11.7 Å². The van der Waals surface area contributed by atoms with Gasteiger partial charge in [-0.15, -0.1) is 0 Å². The van der Waals surface area contributed by atoms with Gasteiger partial charge in [-0.1, -0.05) is 54.1 Å². The lowest BCUT2D eigenvalue weighted by Crippen LogP contribution is -2.47. The molecule has 0 unspecified atom stereocenters. The zero-order chi connectivity index (χ0) is 31.3. The fraction of sp³-hybridized carbons (Fsp3) is 0.286. The van der Waals surface area contributed by atoms with Gasteiger partial charge in [0.05, 0.1) is 17.8 Å². The highest BCUT2D eigenvalue weighted by Crippen LogP contribution is 2.39. The highest BCUT2D eigenvalue weighted by molar-refractivity contribution is 7.98. The molecule has 6 rings (SSSR count). The molecule has 3 heterocycles. The average molecular weight is 645 g/mol. The normalized spacial score (nSPS) is 17.0. The number of amides is 2. The van der Waals surface area contributed by atoms with Crippen LogP contribution in [0.1, 0.15) is 39.5 Å². The molecule has 0 spiro atoms. The van der Waals surface area contributed by atoms with Crippen LogP contribution in [-0.2, 0) is 23.5 Å². The number of nitrogens with zero attached hydrogens (tertiary/aromatic N) is 2. The number of piperidine rings is 1. The summed E-state index contributed by atoms with van der Waals surface area (Å²) in [5.41, 5.74) is 4.06. The second kappa shape index (κ2) is 13.9. The Hall–Kier alpha value is -4.08. The molecule has 2 aliphatic rings.